The van der Waals surface area contributed by atoms with Crippen molar-refractivity contribution < 1.29 is 13.2 Å². The average Bonchev–Trinajstić information content (AvgIpc) is 2.74. The van der Waals surface area contributed by atoms with Crippen LogP contribution in [-0.2, 0) is 16.6 Å². The van der Waals surface area contributed by atoms with Crippen LogP contribution in [0.4, 0.5) is 11.4 Å². The zero-order chi connectivity index (χ0) is 20.7. The molecule has 0 fully saturated rings. The Hall–Kier alpha value is -3.17. The topological polar surface area (TPSA) is 92.3 Å². The molecular weight excluding hydrogens is 408 g/mol. The Balaban J connectivity index is 1.58. The van der Waals surface area contributed by atoms with Crippen LogP contribution >= 0.6 is 12.2 Å². The van der Waals surface area contributed by atoms with E-state index in [0.29, 0.717) is 28.8 Å². The summed E-state index contributed by atoms with van der Waals surface area (Å²) in [5, 5.41) is 6.55. The van der Waals surface area contributed by atoms with Crippen LogP contribution in [0.2, 0.25) is 0 Å². The molecule has 0 atom stereocenters. The summed E-state index contributed by atoms with van der Waals surface area (Å²) in [7, 11) is -2.15. The molecule has 0 amide bonds. The molecule has 0 aliphatic rings. The minimum atomic E-state index is -3.70. The number of aromatic nitrogens is 1. The fourth-order valence-corrected chi connectivity index (χ4v) is 3.70. The van der Waals surface area contributed by atoms with Gasteiger partial charge in [-0.1, -0.05) is 0 Å². The summed E-state index contributed by atoms with van der Waals surface area (Å²) >= 11 is 5.27. The van der Waals surface area contributed by atoms with Gasteiger partial charge in [-0.25, -0.2) is 8.42 Å². The standard InChI is InChI=1S/C20H20N4O3S2/c1-27-18-6-2-17(3-7-18)24-29(25,26)19-8-4-16(5-9-19)23-20(28)22-14-15-10-12-21-13-11-15/h2-13,24H,14H2,1H3,(H2,22,23,28). The lowest BCUT2D eigenvalue weighted by atomic mass is 10.3. The number of ether oxygens (including phenoxy) is 1. The second kappa shape index (κ2) is 9.35. The molecule has 3 rings (SSSR count). The Kier molecular flexibility index (Phi) is 6.63. The van der Waals surface area contributed by atoms with Gasteiger partial charge in [0.15, 0.2) is 5.11 Å². The third kappa shape index (κ3) is 5.90. The molecule has 0 saturated heterocycles. The van der Waals surface area contributed by atoms with Crippen LogP contribution in [0.1, 0.15) is 5.56 Å². The first-order valence-electron chi connectivity index (χ1n) is 8.67. The average molecular weight is 429 g/mol. The van der Waals surface area contributed by atoms with E-state index in [1.807, 2.05) is 12.1 Å². The normalized spacial score (nSPS) is 10.8. The van der Waals surface area contributed by atoms with Crippen LogP contribution in [0, 0.1) is 0 Å². The molecule has 2 aromatic carbocycles. The highest BCUT2D eigenvalue weighted by Gasteiger charge is 2.14. The lowest BCUT2D eigenvalue weighted by molar-refractivity contribution is 0.415. The van der Waals surface area contributed by atoms with E-state index in [9.17, 15) is 8.42 Å². The number of methoxy groups -OCH3 is 1. The summed E-state index contributed by atoms with van der Waals surface area (Å²) in [6, 6.07) is 16.8. The number of thiocarbonyl (C=S) groups is 1. The summed E-state index contributed by atoms with van der Waals surface area (Å²) in [5.41, 5.74) is 2.19. The first kappa shape index (κ1) is 20.6. The van der Waals surface area contributed by atoms with Crippen LogP contribution in [0.25, 0.3) is 0 Å². The number of sulfonamides is 1. The van der Waals surface area contributed by atoms with E-state index in [2.05, 4.69) is 20.3 Å². The van der Waals surface area contributed by atoms with E-state index in [1.165, 1.54) is 12.1 Å². The molecular formula is C20H20N4O3S2. The summed E-state index contributed by atoms with van der Waals surface area (Å²) in [6.07, 6.45) is 3.43. The molecule has 0 spiro atoms. The molecule has 3 N–H and O–H groups in total. The SMILES string of the molecule is COc1ccc(NS(=O)(=O)c2ccc(NC(=S)NCc3ccncc3)cc2)cc1. The van der Waals surface area contributed by atoms with Crippen LogP contribution < -0.4 is 20.1 Å². The molecule has 0 radical (unpaired) electrons. The van der Waals surface area contributed by atoms with Crippen molar-refractivity contribution >= 4 is 38.7 Å². The molecule has 150 valence electrons. The van der Waals surface area contributed by atoms with Gasteiger partial charge >= 0.3 is 0 Å². The van der Waals surface area contributed by atoms with Gasteiger partial charge < -0.3 is 15.4 Å². The maximum Gasteiger partial charge on any atom is 0.261 e. The fraction of sp³-hybridized carbons (Fsp3) is 0.100. The van der Waals surface area contributed by atoms with Gasteiger partial charge in [-0.15, -0.1) is 0 Å². The minimum Gasteiger partial charge on any atom is -0.497 e. The van der Waals surface area contributed by atoms with Crippen LogP contribution in [0.3, 0.4) is 0 Å². The van der Waals surface area contributed by atoms with Crippen molar-refractivity contribution in [3.63, 3.8) is 0 Å². The number of benzene rings is 2. The number of hydrogen-bond acceptors (Lipinski definition) is 5. The molecule has 29 heavy (non-hydrogen) atoms. The van der Waals surface area contributed by atoms with Gasteiger partial charge in [0.2, 0.25) is 0 Å². The van der Waals surface area contributed by atoms with Gasteiger partial charge in [-0.05, 0) is 78.4 Å². The highest BCUT2D eigenvalue weighted by Crippen LogP contribution is 2.20. The van der Waals surface area contributed by atoms with Gasteiger partial charge in [-0.3, -0.25) is 9.71 Å². The molecule has 0 aliphatic heterocycles. The van der Waals surface area contributed by atoms with Gasteiger partial charge in [0.25, 0.3) is 10.0 Å². The van der Waals surface area contributed by atoms with E-state index in [4.69, 9.17) is 17.0 Å². The molecule has 9 heteroatoms. The number of nitrogens with zero attached hydrogens (tertiary/aromatic N) is 1. The van der Waals surface area contributed by atoms with E-state index in [1.54, 1.807) is 55.9 Å². The van der Waals surface area contributed by atoms with Crippen molar-refractivity contribution in [2.45, 2.75) is 11.4 Å². The van der Waals surface area contributed by atoms with Crippen molar-refractivity contribution in [2.75, 3.05) is 17.1 Å². The zero-order valence-corrected chi connectivity index (χ0v) is 17.3. The Bertz CT molecular complexity index is 1060. The molecule has 1 heterocycles. The molecule has 0 aliphatic carbocycles. The van der Waals surface area contributed by atoms with Crippen LogP contribution in [0.15, 0.2) is 78.0 Å². The lowest BCUT2D eigenvalue weighted by Gasteiger charge is -2.12. The smallest absolute Gasteiger partial charge is 0.261 e. The number of rotatable bonds is 7. The third-order valence-corrected chi connectivity index (χ3v) is 5.61. The highest BCUT2D eigenvalue weighted by atomic mass is 32.2. The van der Waals surface area contributed by atoms with Crippen LogP contribution in [-0.4, -0.2) is 25.6 Å². The Labute approximate surface area is 175 Å². The predicted octanol–water partition coefficient (Wildman–Crippen LogP) is 3.38. The van der Waals surface area contributed by atoms with E-state index in [-0.39, 0.29) is 4.90 Å². The summed E-state index contributed by atoms with van der Waals surface area (Å²) in [6.45, 7) is 0.562. The maximum absolute atomic E-state index is 12.5. The van der Waals surface area contributed by atoms with E-state index >= 15 is 0 Å². The van der Waals surface area contributed by atoms with Crippen molar-refractivity contribution in [1.29, 1.82) is 0 Å². The number of pyridine rings is 1. The monoisotopic (exact) mass is 428 g/mol. The van der Waals surface area contributed by atoms with Crippen molar-refractivity contribution in [1.82, 2.24) is 10.3 Å². The van der Waals surface area contributed by atoms with Gasteiger partial charge in [0.05, 0.1) is 12.0 Å². The Morgan fingerprint density at radius 1 is 0.966 bits per heavy atom. The van der Waals surface area contributed by atoms with Gasteiger partial charge in [-0.2, -0.15) is 0 Å². The van der Waals surface area contributed by atoms with Gasteiger partial charge in [0.1, 0.15) is 5.75 Å². The largest absolute Gasteiger partial charge is 0.497 e. The van der Waals surface area contributed by atoms with E-state index in [0.717, 1.165) is 5.56 Å². The minimum absolute atomic E-state index is 0.148. The molecule has 7 nitrogen and oxygen atoms in total. The first-order chi connectivity index (χ1) is 14.0. The lowest BCUT2D eigenvalue weighted by Crippen LogP contribution is -2.27. The number of hydrogen-bond donors (Lipinski definition) is 3. The summed E-state index contributed by atoms with van der Waals surface area (Å²) in [4.78, 5) is 4.11. The van der Waals surface area contributed by atoms with Gasteiger partial charge in [0, 0.05) is 30.3 Å². The zero-order valence-electron chi connectivity index (χ0n) is 15.6. The van der Waals surface area contributed by atoms with Crippen molar-refractivity contribution in [3.8, 4) is 5.75 Å². The fourth-order valence-electron chi connectivity index (χ4n) is 2.45. The van der Waals surface area contributed by atoms with Crippen molar-refractivity contribution in [3.05, 3.63) is 78.6 Å². The molecule has 0 saturated carbocycles. The second-order valence-electron chi connectivity index (χ2n) is 6.02. The highest BCUT2D eigenvalue weighted by molar-refractivity contribution is 7.92. The summed E-state index contributed by atoms with van der Waals surface area (Å²) < 4.78 is 32.7. The molecule has 1 aromatic heterocycles. The molecule has 3 aromatic rings. The van der Waals surface area contributed by atoms with Crippen LogP contribution in [0.5, 0.6) is 5.75 Å². The van der Waals surface area contributed by atoms with Crippen molar-refractivity contribution in [2.24, 2.45) is 0 Å². The molecule has 0 bridgehead atoms. The number of nitrogens with one attached hydrogen (secondary N) is 3. The first-order valence-corrected chi connectivity index (χ1v) is 10.6. The summed E-state index contributed by atoms with van der Waals surface area (Å²) in [5.74, 6) is 0.650. The second-order valence-corrected chi connectivity index (χ2v) is 8.11. The quantitative estimate of drug-likeness (QED) is 0.497. The molecule has 0 unspecified atom stereocenters. The maximum atomic E-state index is 12.5. The third-order valence-electron chi connectivity index (χ3n) is 3.97. The Morgan fingerprint density at radius 2 is 1.59 bits per heavy atom. The number of anilines is 2. The Morgan fingerprint density at radius 3 is 2.21 bits per heavy atom. The predicted molar refractivity (Wildman–Crippen MR) is 118 cm³/mol. The van der Waals surface area contributed by atoms with E-state index < -0.39 is 10.0 Å².